The van der Waals surface area contributed by atoms with E-state index < -0.39 is 0 Å². The van der Waals surface area contributed by atoms with Gasteiger partial charge in [-0.05, 0) is 56.6 Å². The molecule has 0 fully saturated rings. The van der Waals surface area contributed by atoms with Crippen LogP contribution in [0.1, 0.15) is 25.8 Å². The first-order valence-electron chi connectivity index (χ1n) is 8.54. The van der Waals surface area contributed by atoms with Gasteiger partial charge in [0.25, 0.3) is 0 Å². The molecule has 2 aromatic carbocycles. The van der Waals surface area contributed by atoms with Gasteiger partial charge >= 0.3 is 0 Å². The van der Waals surface area contributed by atoms with Crippen molar-refractivity contribution < 1.29 is 4.74 Å². The minimum atomic E-state index is 0.592. The van der Waals surface area contributed by atoms with Gasteiger partial charge in [-0.15, -0.1) is 0 Å². The van der Waals surface area contributed by atoms with Crippen LogP contribution in [-0.4, -0.2) is 19.6 Å². The molecule has 0 heterocycles. The highest BCUT2D eigenvalue weighted by Gasteiger charge is 2.05. The minimum absolute atomic E-state index is 0.592. The van der Waals surface area contributed by atoms with Crippen molar-refractivity contribution in [2.45, 2.75) is 26.9 Å². The van der Waals surface area contributed by atoms with Crippen LogP contribution in [0.3, 0.4) is 0 Å². The minimum Gasteiger partial charge on any atom is -0.489 e. The Kier molecular flexibility index (Phi) is 7.37. The van der Waals surface area contributed by atoms with Crippen LogP contribution < -0.4 is 15.4 Å². The highest BCUT2D eigenvalue weighted by atomic mass is 16.5. The average Bonchev–Trinajstić information content (AvgIpc) is 2.61. The van der Waals surface area contributed by atoms with Crippen molar-refractivity contribution in [1.29, 1.82) is 0 Å². The first-order chi connectivity index (χ1) is 11.7. The number of rotatable bonds is 9. The molecule has 128 valence electrons. The Balaban J connectivity index is 1.98. The molecule has 2 aromatic rings. The van der Waals surface area contributed by atoms with E-state index in [9.17, 15) is 0 Å². The Morgan fingerprint density at radius 2 is 1.75 bits per heavy atom. The summed E-state index contributed by atoms with van der Waals surface area (Å²) in [4.78, 5) is 2.35. The third kappa shape index (κ3) is 6.09. The van der Waals surface area contributed by atoms with Crippen molar-refractivity contribution in [1.82, 2.24) is 0 Å². The molecule has 3 heteroatoms. The smallest absolute Gasteiger partial charge is 0.119 e. The highest BCUT2D eigenvalue weighted by Crippen LogP contribution is 2.21. The summed E-state index contributed by atoms with van der Waals surface area (Å²) in [5.74, 6) is 0.892. The standard InChI is InChI=1S/C21H28N2O/c1-18(2)13-16-23(15-6-14-22)20-9-11-21(12-10-20)24-17-19-7-4-3-5-8-19/h3-5,7-13H,6,14-17,22H2,1-2H3. The molecule has 3 nitrogen and oxygen atoms in total. The summed E-state index contributed by atoms with van der Waals surface area (Å²) >= 11 is 0. The van der Waals surface area contributed by atoms with Crippen molar-refractivity contribution in [3.63, 3.8) is 0 Å². The zero-order valence-corrected chi connectivity index (χ0v) is 14.7. The SMILES string of the molecule is CC(C)=CCN(CCCN)c1ccc(OCc2ccccc2)cc1. The molecule has 2 rings (SSSR count). The van der Waals surface area contributed by atoms with E-state index in [0.29, 0.717) is 13.2 Å². The average molecular weight is 324 g/mol. The van der Waals surface area contributed by atoms with Crippen LogP contribution in [0.4, 0.5) is 5.69 Å². The summed E-state index contributed by atoms with van der Waals surface area (Å²) < 4.78 is 5.86. The normalized spacial score (nSPS) is 10.3. The molecule has 0 aliphatic heterocycles. The lowest BCUT2D eigenvalue weighted by Gasteiger charge is -2.23. The second-order valence-corrected chi connectivity index (χ2v) is 6.14. The Morgan fingerprint density at radius 3 is 2.38 bits per heavy atom. The van der Waals surface area contributed by atoms with Crippen molar-refractivity contribution in [2.75, 3.05) is 24.5 Å². The van der Waals surface area contributed by atoms with E-state index in [2.05, 4.69) is 49.1 Å². The van der Waals surface area contributed by atoms with Gasteiger partial charge in [-0.3, -0.25) is 0 Å². The van der Waals surface area contributed by atoms with E-state index in [4.69, 9.17) is 10.5 Å². The molecule has 0 bridgehead atoms. The zero-order chi connectivity index (χ0) is 17.2. The van der Waals surface area contributed by atoms with Gasteiger partial charge < -0.3 is 15.4 Å². The summed E-state index contributed by atoms with van der Waals surface area (Å²) in [6.45, 7) is 7.43. The van der Waals surface area contributed by atoms with Crippen LogP contribution in [0.25, 0.3) is 0 Å². The van der Waals surface area contributed by atoms with Gasteiger partial charge in [0.2, 0.25) is 0 Å². The number of benzene rings is 2. The molecule has 0 amide bonds. The Morgan fingerprint density at radius 1 is 1.04 bits per heavy atom. The molecule has 0 aliphatic rings. The molecular weight excluding hydrogens is 296 g/mol. The third-order valence-electron chi connectivity index (χ3n) is 3.80. The summed E-state index contributed by atoms with van der Waals surface area (Å²) in [5.41, 5.74) is 9.37. The predicted molar refractivity (Wildman–Crippen MR) is 103 cm³/mol. The first kappa shape index (κ1) is 18.1. The fraction of sp³-hybridized carbons (Fsp3) is 0.333. The van der Waals surface area contributed by atoms with Gasteiger partial charge in [0.05, 0.1) is 0 Å². The first-order valence-corrected chi connectivity index (χ1v) is 8.54. The maximum atomic E-state index is 5.86. The van der Waals surface area contributed by atoms with Crippen LogP contribution in [0.15, 0.2) is 66.2 Å². The molecule has 0 saturated carbocycles. The van der Waals surface area contributed by atoms with Crippen molar-refractivity contribution >= 4 is 5.69 Å². The van der Waals surface area contributed by atoms with Gasteiger partial charge in [-0.1, -0.05) is 42.0 Å². The van der Waals surface area contributed by atoms with Gasteiger partial charge in [-0.25, -0.2) is 0 Å². The molecule has 24 heavy (non-hydrogen) atoms. The Bertz CT molecular complexity index is 616. The molecule has 0 atom stereocenters. The lowest BCUT2D eigenvalue weighted by molar-refractivity contribution is 0.306. The van der Waals surface area contributed by atoms with Crippen LogP contribution in [0.5, 0.6) is 5.75 Å². The van der Waals surface area contributed by atoms with Gasteiger partial charge in [0.15, 0.2) is 0 Å². The maximum absolute atomic E-state index is 5.86. The van der Waals surface area contributed by atoms with Crippen molar-refractivity contribution in [3.05, 3.63) is 71.8 Å². The van der Waals surface area contributed by atoms with E-state index in [-0.39, 0.29) is 0 Å². The van der Waals surface area contributed by atoms with Crippen LogP contribution in [0, 0.1) is 0 Å². The monoisotopic (exact) mass is 324 g/mol. The molecule has 0 saturated heterocycles. The summed E-state index contributed by atoms with van der Waals surface area (Å²) in [7, 11) is 0. The molecule has 2 N–H and O–H groups in total. The number of nitrogens with zero attached hydrogens (tertiary/aromatic N) is 1. The van der Waals surface area contributed by atoms with Crippen molar-refractivity contribution in [2.24, 2.45) is 5.73 Å². The van der Waals surface area contributed by atoms with Gasteiger partial charge in [-0.2, -0.15) is 0 Å². The topological polar surface area (TPSA) is 38.5 Å². The quantitative estimate of drug-likeness (QED) is 0.695. The largest absolute Gasteiger partial charge is 0.489 e. The summed E-state index contributed by atoms with van der Waals surface area (Å²) in [6, 6.07) is 18.5. The molecule has 0 radical (unpaired) electrons. The maximum Gasteiger partial charge on any atom is 0.119 e. The third-order valence-corrected chi connectivity index (χ3v) is 3.80. The highest BCUT2D eigenvalue weighted by molar-refractivity contribution is 5.49. The van der Waals surface area contributed by atoms with E-state index >= 15 is 0 Å². The number of hydrogen-bond acceptors (Lipinski definition) is 3. The number of allylic oxidation sites excluding steroid dienone is 1. The number of anilines is 1. The molecule has 0 aromatic heterocycles. The molecule has 0 spiro atoms. The second-order valence-electron chi connectivity index (χ2n) is 6.14. The lowest BCUT2D eigenvalue weighted by Crippen LogP contribution is -2.26. The second kappa shape index (κ2) is 9.78. The number of nitrogens with two attached hydrogens (primary N) is 1. The Labute approximate surface area is 145 Å². The summed E-state index contributed by atoms with van der Waals surface area (Å²) in [6.07, 6.45) is 3.24. The molecule has 0 unspecified atom stereocenters. The fourth-order valence-electron chi connectivity index (χ4n) is 2.39. The van der Waals surface area contributed by atoms with Gasteiger partial charge in [0.1, 0.15) is 12.4 Å². The number of ether oxygens (including phenoxy) is 1. The van der Waals surface area contributed by atoms with E-state index in [1.54, 1.807) is 0 Å². The zero-order valence-electron chi connectivity index (χ0n) is 14.7. The van der Waals surface area contributed by atoms with Crippen molar-refractivity contribution in [3.8, 4) is 5.75 Å². The summed E-state index contributed by atoms with van der Waals surface area (Å²) in [5, 5.41) is 0. The van der Waals surface area contributed by atoms with Crippen LogP contribution in [-0.2, 0) is 6.61 Å². The lowest BCUT2D eigenvalue weighted by atomic mass is 10.2. The number of hydrogen-bond donors (Lipinski definition) is 1. The predicted octanol–water partition coefficient (Wildman–Crippen LogP) is 4.39. The van der Waals surface area contributed by atoms with Gasteiger partial charge in [0, 0.05) is 18.8 Å². The fourth-order valence-corrected chi connectivity index (χ4v) is 2.39. The Hall–Kier alpha value is -2.26. The van der Waals surface area contributed by atoms with Crippen LogP contribution in [0.2, 0.25) is 0 Å². The molecule has 0 aliphatic carbocycles. The molecular formula is C21H28N2O. The van der Waals surface area contributed by atoms with E-state index in [1.165, 1.54) is 16.8 Å². The van der Waals surface area contributed by atoms with E-state index in [1.807, 2.05) is 30.3 Å². The van der Waals surface area contributed by atoms with E-state index in [0.717, 1.165) is 25.3 Å². The van der Waals surface area contributed by atoms with Crippen LogP contribution >= 0.6 is 0 Å².